The molecule has 12 atom stereocenters. The summed E-state index contributed by atoms with van der Waals surface area (Å²) in [5, 5.41) is 22.3. The molecule has 5 heteroatoms. The molecule has 0 aromatic rings. The fourth-order valence-electron chi connectivity index (χ4n) is 11.8. The van der Waals surface area contributed by atoms with E-state index in [9.17, 15) is 15.0 Å². The van der Waals surface area contributed by atoms with Gasteiger partial charge in [-0.3, -0.25) is 4.79 Å². The first-order valence-corrected chi connectivity index (χ1v) is 15.7. The number of carbonyl (C=O) groups excluding carboxylic acids is 1. The van der Waals surface area contributed by atoms with E-state index in [4.69, 9.17) is 9.47 Å². The van der Waals surface area contributed by atoms with Gasteiger partial charge in [0.1, 0.15) is 6.10 Å². The molecule has 2 spiro atoms. The fourth-order valence-corrected chi connectivity index (χ4v) is 11.8. The highest BCUT2D eigenvalue weighted by molar-refractivity contribution is 5.69. The van der Waals surface area contributed by atoms with Crippen molar-refractivity contribution in [2.75, 3.05) is 0 Å². The van der Waals surface area contributed by atoms with Crippen LogP contribution in [0, 0.1) is 45.8 Å². The second-order valence-electron chi connectivity index (χ2n) is 15.5. The lowest BCUT2D eigenvalue weighted by atomic mass is 9.47. The maximum atomic E-state index is 12.4. The van der Waals surface area contributed by atoms with Gasteiger partial charge in [0.25, 0.3) is 0 Å². The number of carbonyl (C=O) groups is 1. The van der Waals surface area contributed by atoms with Crippen molar-refractivity contribution in [3.63, 3.8) is 0 Å². The summed E-state index contributed by atoms with van der Waals surface area (Å²) in [7, 11) is 0. The van der Waals surface area contributed by atoms with Gasteiger partial charge in [-0.05, 0) is 131 Å². The molecule has 12 unspecified atom stereocenters. The number of allylic oxidation sites excluding steroid dienone is 1. The van der Waals surface area contributed by atoms with Crippen LogP contribution in [-0.4, -0.2) is 45.7 Å². The van der Waals surface area contributed by atoms with E-state index in [1.165, 1.54) is 38.5 Å². The van der Waals surface area contributed by atoms with E-state index in [2.05, 4.69) is 27.4 Å². The molecule has 0 amide bonds. The lowest BCUT2D eigenvalue weighted by Gasteiger charge is -2.58. The summed E-state index contributed by atoms with van der Waals surface area (Å²) in [6.07, 6.45) is 13.6. The van der Waals surface area contributed by atoms with Crippen molar-refractivity contribution >= 4 is 5.97 Å². The minimum absolute atomic E-state index is 0.0619. The van der Waals surface area contributed by atoms with Crippen molar-refractivity contribution in [2.45, 2.75) is 141 Å². The van der Waals surface area contributed by atoms with Crippen LogP contribution in [0.2, 0.25) is 0 Å². The Bertz CT molecular complexity index is 971. The number of ether oxygens (including phenoxy) is 2. The fraction of sp³-hybridized carbons (Fsp3) is 0.909. The molecule has 6 fully saturated rings. The Kier molecular flexibility index (Phi) is 6.31. The third-order valence-corrected chi connectivity index (χ3v) is 13.4. The molecule has 5 saturated carbocycles. The number of hydrogen-bond acceptors (Lipinski definition) is 5. The van der Waals surface area contributed by atoms with Crippen LogP contribution in [0.25, 0.3) is 0 Å². The maximum Gasteiger partial charge on any atom is 0.306 e. The average Bonchev–Trinajstić information content (AvgIpc) is 3.18. The molecule has 214 valence electrons. The van der Waals surface area contributed by atoms with E-state index < -0.39 is 5.60 Å². The second-order valence-corrected chi connectivity index (χ2v) is 15.5. The minimum atomic E-state index is -0.855. The van der Waals surface area contributed by atoms with Crippen LogP contribution in [0.15, 0.2) is 12.7 Å². The van der Waals surface area contributed by atoms with Crippen LogP contribution in [0.3, 0.4) is 0 Å². The maximum absolute atomic E-state index is 12.4. The monoisotopic (exact) mass is 528 g/mol. The van der Waals surface area contributed by atoms with E-state index >= 15 is 0 Å². The van der Waals surface area contributed by atoms with Gasteiger partial charge in [-0.1, -0.05) is 19.9 Å². The first-order valence-electron chi connectivity index (χ1n) is 15.7. The van der Waals surface area contributed by atoms with E-state index in [1.54, 1.807) is 6.08 Å². The van der Waals surface area contributed by atoms with Gasteiger partial charge in [0, 0.05) is 12.3 Å². The smallest absolute Gasteiger partial charge is 0.306 e. The van der Waals surface area contributed by atoms with E-state index in [0.717, 1.165) is 25.7 Å². The number of hydrogen-bond donors (Lipinski definition) is 2. The van der Waals surface area contributed by atoms with E-state index in [-0.39, 0.29) is 41.2 Å². The van der Waals surface area contributed by atoms with Gasteiger partial charge < -0.3 is 19.7 Å². The molecule has 38 heavy (non-hydrogen) atoms. The molecule has 2 N–H and O–H groups in total. The highest BCUT2D eigenvalue weighted by atomic mass is 16.5. The van der Waals surface area contributed by atoms with Gasteiger partial charge in [-0.15, -0.1) is 6.58 Å². The van der Waals surface area contributed by atoms with Crippen molar-refractivity contribution in [3.05, 3.63) is 12.7 Å². The Morgan fingerprint density at radius 2 is 1.76 bits per heavy atom. The molecule has 0 radical (unpaired) electrons. The highest BCUT2D eigenvalue weighted by Gasteiger charge is 2.80. The van der Waals surface area contributed by atoms with Crippen molar-refractivity contribution < 1.29 is 24.5 Å². The zero-order valence-corrected chi connectivity index (χ0v) is 24.5. The van der Waals surface area contributed by atoms with Gasteiger partial charge in [-0.2, -0.15) is 0 Å². The summed E-state index contributed by atoms with van der Waals surface area (Å²) in [5.41, 5.74) is -0.304. The Morgan fingerprint density at radius 3 is 2.45 bits per heavy atom. The standard InChI is InChI=1S/C33H52O5/c1-7-8-9-27(35)37-25-12-15-32-19-33(32)17-16-30(5)23(22(33)11-10-21(32)20(25)2)18-24(34)28(30)31(6)14-13-26(38-31)29(3,4)36/h7,20-26,28,34,36H,1,8-19H2,2-6H3. The second kappa shape index (κ2) is 8.79. The topological polar surface area (TPSA) is 76.0 Å². The molecule has 0 aromatic carbocycles. The highest BCUT2D eigenvalue weighted by Crippen LogP contribution is 2.86. The lowest BCUT2D eigenvalue weighted by Crippen LogP contribution is -2.54. The predicted molar refractivity (Wildman–Crippen MR) is 147 cm³/mol. The number of rotatable bonds is 6. The molecule has 1 heterocycles. The minimum Gasteiger partial charge on any atom is -0.462 e. The zero-order chi connectivity index (χ0) is 27.3. The third-order valence-electron chi connectivity index (χ3n) is 13.4. The summed E-state index contributed by atoms with van der Waals surface area (Å²) in [5.74, 6) is 2.37. The molecule has 0 aromatic heterocycles. The molecule has 6 rings (SSSR count). The van der Waals surface area contributed by atoms with Crippen molar-refractivity contribution in [1.29, 1.82) is 0 Å². The third kappa shape index (κ3) is 3.69. The SMILES string of the molecule is C=CCCC(=O)OC1CCC23CC24CCC2(C)C(CC(O)C2C2(C)CCC(C(C)(C)O)O2)C4CCC3C1C. The van der Waals surface area contributed by atoms with Gasteiger partial charge in [0.15, 0.2) is 0 Å². The number of aliphatic hydroxyl groups excluding tert-OH is 1. The quantitative estimate of drug-likeness (QED) is 0.317. The van der Waals surface area contributed by atoms with Gasteiger partial charge >= 0.3 is 5.97 Å². The van der Waals surface area contributed by atoms with E-state index in [1.807, 2.05) is 13.8 Å². The molecule has 5 nitrogen and oxygen atoms in total. The average molecular weight is 529 g/mol. The van der Waals surface area contributed by atoms with Gasteiger partial charge in [0.05, 0.1) is 23.4 Å². The van der Waals surface area contributed by atoms with Crippen LogP contribution < -0.4 is 0 Å². The van der Waals surface area contributed by atoms with Crippen LogP contribution in [-0.2, 0) is 14.3 Å². The number of fused-ring (bicyclic) bond motifs is 2. The summed E-state index contributed by atoms with van der Waals surface area (Å²) in [4.78, 5) is 12.4. The first kappa shape index (κ1) is 27.3. The number of esters is 1. The van der Waals surface area contributed by atoms with Gasteiger partial charge in [-0.25, -0.2) is 0 Å². The lowest BCUT2D eigenvalue weighted by molar-refractivity contribution is -0.178. The Balaban J connectivity index is 1.20. The zero-order valence-electron chi connectivity index (χ0n) is 24.5. The summed E-state index contributed by atoms with van der Waals surface area (Å²) >= 11 is 0. The van der Waals surface area contributed by atoms with Gasteiger partial charge in [0.2, 0.25) is 0 Å². The molecule has 0 bridgehead atoms. The normalized spacial score (nSPS) is 53.3. The van der Waals surface area contributed by atoms with Crippen molar-refractivity contribution in [3.8, 4) is 0 Å². The molecule has 5 aliphatic carbocycles. The molecule has 6 aliphatic rings. The molecule has 1 aliphatic heterocycles. The Hall–Kier alpha value is -0.910. The summed E-state index contributed by atoms with van der Waals surface area (Å²) < 4.78 is 12.7. The summed E-state index contributed by atoms with van der Waals surface area (Å²) in [6.45, 7) is 14.5. The molecular formula is C33H52O5. The van der Waals surface area contributed by atoms with Crippen LogP contribution in [0.5, 0.6) is 0 Å². The van der Waals surface area contributed by atoms with Crippen LogP contribution >= 0.6 is 0 Å². The first-order chi connectivity index (χ1) is 17.8. The molecule has 1 saturated heterocycles. The van der Waals surface area contributed by atoms with Crippen LogP contribution in [0.4, 0.5) is 0 Å². The van der Waals surface area contributed by atoms with Crippen LogP contribution in [0.1, 0.15) is 112 Å². The molecular weight excluding hydrogens is 476 g/mol. The number of aliphatic hydroxyl groups is 2. The van der Waals surface area contributed by atoms with Crippen molar-refractivity contribution in [1.82, 2.24) is 0 Å². The predicted octanol–water partition coefficient (Wildman–Crippen LogP) is 6.20. The Morgan fingerprint density at radius 1 is 1.05 bits per heavy atom. The largest absolute Gasteiger partial charge is 0.462 e. The summed E-state index contributed by atoms with van der Waals surface area (Å²) in [6, 6.07) is 0. The van der Waals surface area contributed by atoms with Crippen molar-refractivity contribution in [2.24, 2.45) is 45.8 Å². The Labute approximate surface area is 230 Å². The van der Waals surface area contributed by atoms with E-state index in [0.29, 0.717) is 47.3 Å².